The number of carbonyl (C=O) groups excluding carboxylic acids is 4. The molecule has 53 heavy (non-hydrogen) atoms. The van der Waals surface area contributed by atoms with Crippen LogP contribution in [0.1, 0.15) is 58.1 Å². The Morgan fingerprint density at radius 2 is 1.75 bits per heavy atom. The average Bonchev–Trinajstić information content (AvgIpc) is 3.47. The van der Waals surface area contributed by atoms with Gasteiger partial charge in [0.05, 0.1) is 35.5 Å². The van der Waals surface area contributed by atoms with Crippen molar-refractivity contribution in [3.05, 3.63) is 66.0 Å². The molecule has 0 unspecified atom stereocenters. The molecule has 0 radical (unpaired) electrons. The van der Waals surface area contributed by atoms with E-state index in [0.29, 0.717) is 73.0 Å². The molecule has 4 rings (SSSR count). The van der Waals surface area contributed by atoms with Gasteiger partial charge in [-0.25, -0.2) is 14.8 Å². The summed E-state index contributed by atoms with van der Waals surface area (Å²) in [4.78, 5) is 57.3. The summed E-state index contributed by atoms with van der Waals surface area (Å²) < 4.78 is 16.2. The molecular weight excluding hydrogens is 682 g/mol. The van der Waals surface area contributed by atoms with Gasteiger partial charge in [-0.15, -0.1) is 0 Å². The minimum absolute atomic E-state index is 0.0933. The third-order valence-electron chi connectivity index (χ3n) is 6.88. The number of nitrogens with one attached hydrogen (secondary N) is 3. The van der Waals surface area contributed by atoms with Crippen LogP contribution < -0.4 is 15.4 Å². The number of hydrogen-bond donors (Lipinski definition) is 4. The first-order valence-corrected chi connectivity index (χ1v) is 16.9. The third-order valence-corrected chi connectivity index (χ3v) is 6.88. The summed E-state index contributed by atoms with van der Waals surface area (Å²) >= 11 is 0. The number of aromatic amines is 1. The molecule has 2 heterocycles. The van der Waals surface area contributed by atoms with E-state index in [2.05, 4.69) is 49.6 Å². The van der Waals surface area contributed by atoms with Gasteiger partial charge in [0.1, 0.15) is 42.7 Å². The summed E-state index contributed by atoms with van der Waals surface area (Å²) in [6.45, 7) is 15.0. The lowest BCUT2D eigenvalue weighted by Gasteiger charge is -2.24. The van der Waals surface area contributed by atoms with Crippen molar-refractivity contribution in [1.82, 2.24) is 19.9 Å². The quantitative estimate of drug-likeness (QED) is 0.0626. The number of amides is 1. The molecule has 288 valence electrons. The highest BCUT2D eigenvalue weighted by Gasteiger charge is 2.19. The van der Waals surface area contributed by atoms with Crippen LogP contribution in [-0.4, -0.2) is 103 Å². The Balaban J connectivity index is 0.00000111. The number of aromatic nitrogens is 3. The van der Waals surface area contributed by atoms with E-state index in [4.69, 9.17) is 23.8 Å². The summed E-state index contributed by atoms with van der Waals surface area (Å²) in [6, 6.07) is 15.7. The number of aliphatic imine (C=N–C) groups is 1. The number of aromatic hydroxyl groups is 1. The highest BCUT2D eigenvalue weighted by Crippen LogP contribution is 2.32. The van der Waals surface area contributed by atoms with Crippen LogP contribution in [0.5, 0.6) is 11.6 Å². The van der Waals surface area contributed by atoms with E-state index in [-0.39, 0.29) is 24.4 Å². The summed E-state index contributed by atoms with van der Waals surface area (Å²) in [7, 11) is 3.48. The maximum Gasteiger partial charge on any atom is 0.410 e. The van der Waals surface area contributed by atoms with Gasteiger partial charge in [0.15, 0.2) is 5.88 Å². The van der Waals surface area contributed by atoms with E-state index in [1.165, 1.54) is 23.0 Å². The van der Waals surface area contributed by atoms with Crippen LogP contribution in [0.4, 0.5) is 22.0 Å². The van der Waals surface area contributed by atoms with E-state index in [1.54, 1.807) is 27.1 Å². The van der Waals surface area contributed by atoms with Crippen LogP contribution in [0.15, 0.2) is 59.9 Å². The van der Waals surface area contributed by atoms with Gasteiger partial charge in [0.25, 0.3) is 0 Å². The van der Waals surface area contributed by atoms with Crippen LogP contribution in [0.2, 0.25) is 0 Å². The molecule has 0 aliphatic rings. The molecule has 0 atom stereocenters. The molecule has 4 N–H and O–H groups in total. The SMILES string of the molecule is C=O.C=O.CCOC(=O)CCCOc1cc(N=Cc2c(O)[nH]c3ncnc(NCCCN(C)C(=O)OC(C)(C)C)c23)ccc1NC.Cc1ccccc1. The van der Waals surface area contributed by atoms with Gasteiger partial charge in [0.2, 0.25) is 0 Å². The molecule has 15 heteroatoms. The Morgan fingerprint density at radius 1 is 1.06 bits per heavy atom. The fourth-order valence-electron chi connectivity index (χ4n) is 4.47. The first-order valence-electron chi connectivity index (χ1n) is 16.9. The molecule has 4 aromatic rings. The van der Waals surface area contributed by atoms with Crippen molar-refractivity contribution in [2.45, 2.75) is 59.5 Å². The van der Waals surface area contributed by atoms with E-state index < -0.39 is 5.60 Å². The highest BCUT2D eigenvalue weighted by molar-refractivity contribution is 6.06. The minimum Gasteiger partial charge on any atom is -0.494 e. The number of hydrogen-bond acceptors (Lipinski definition) is 13. The molecule has 0 spiro atoms. The highest BCUT2D eigenvalue weighted by atomic mass is 16.6. The largest absolute Gasteiger partial charge is 0.494 e. The monoisotopic (exact) mass is 735 g/mol. The zero-order valence-corrected chi connectivity index (χ0v) is 31.7. The Kier molecular flexibility index (Phi) is 20.6. The van der Waals surface area contributed by atoms with Crippen molar-refractivity contribution in [3.63, 3.8) is 0 Å². The Morgan fingerprint density at radius 3 is 2.36 bits per heavy atom. The van der Waals surface area contributed by atoms with Crippen molar-refractivity contribution in [3.8, 4) is 11.6 Å². The number of ether oxygens (including phenoxy) is 3. The number of aryl methyl sites for hydroxylation is 1. The number of esters is 1. The number of nitrogens with zero attached hydrogens (tertiary/aromatic N) is 4. The van der Waals surface area contributed by atoms with Crippen molar-refractivity contribution in [1.29, 1.82) is 0 Å². The van der Waals surface area contributed by atoms with E-state index in [9.17, 15) is 14.7 Å². The number of benzene rings is 2. The maximum absolute atomic E-state index is 12.2. The van der Waals surface area contributed by atoms with Crippen LogP contribution in [-0.2, 0) is 23.9 Å². The second-order valence-electron chi connectivity index (χ2n) is 12.1. The minimum atomic E-state index is -0.556. The Labute approximate surface area is 311 Å². The summed E-state index contributed by atoms with van der Waals surface area (Å²) in [5.41, 5.74) is 3.01. The molecule has 0 saturated carbocycles. The molecule has 0 aliphatic heterocycles. The Hall–Kier alpha value is -5.99. The van der Waals surface area contributed by atoms with Crippen molar-refractivity contribution >= 4 is 60.1 Å². The second-order valence-corrected chi connectivity index (χ2v) is 12.1. The third kappa shape index (κ3) is 16.3. The molecule has 0 saturated heterocycles. The van der Waals surface area contributed by atoms with Gasteiger partial charge in [-0.2, -0.15) is 0 Å². The predicted octanol–water partition coefficient (Wildman–Crippen LogP) is 6.47. The lowest BCUT2D eigenvalue weighted by molar-refractivity contribution is -0.143. The van der Waals surface area contributed by atoms with E-state index >= 15 is 0 Å². The van der Waals surface area contributed by atoms with E-state index in [1.807, 2.05) is 64.7 Å². The van der Waals surface area contributed by atoms with E-state index in [0.717, 1.165) is 5.69 Å². The summed E-state index contributed by atoms with van der Waals surface area (Å²) in [5.74, 6) is 0.761. The number of carbonyl (C=O) groups is 4. The number of H-pyrrole nitrogens is 1. The lowest BCUT2D eigenvalue weighted by atomic mass is 10.2. The van der Waals surface area contributed by atoms with Gasteiger partial charge >= 0.3 is 12.1 Å². The van der Waals surface area contributed by atoms with Gasteiger partial charge in [-0.3, -0.25) is 9.79 Å². The average molecular weight is 736 g/mol. The Bertz CT molecular complexity index is 1710. The normalized spacial score (nSPS) is 10.4. The first kappa shape index (κ1) is 45.0. The van der Waals surface area contributed by atoms with Crippen molar-refractivity contribution < 1.29 is 38.5 Å². The lowest BCUT2D eigenvalue weighted by Crippen LogP contribution is -2.35. The smallest absolute Gasteiger partial charge is 0.410 e. The number of fused-ring (bicyclic) bond motifs is 1. The van der Waals surface area contributed by atoms with Gasteiger partial charge in [-0.1, -0.05) is 35.9 Å². The van der Waals surface area contributed by atoms with Gasteiger partial charge < -0.3 is 49.4 Å². The van der Waals surface area contributed by atoms with Crippen LogP contribution in [0.3, 0.4) is 0 Å². The van der Waals surface area contributed by atoms with Gasteiger partial charge in [0, 0.05) is 45.9 Å². The van der Waals surface area contributed by atoms with Gasteiger partial charge in [-0.05, 0) is 59.6 Å². The molecule has 0 bridgehead atoms. The molecule has 0 fully saturated rings. The summed E-state index contributed by atoms with van der Waals surface area (Å²) in [6.07, 6.45) is 4.00. The fourth-order valence-corrected chi connectivity index (χ4v) is 4.47. The summed E-state index contributed by atoms with van der Waals surface area (Å²) in [5, 5.41) is 17.6. The standard InChI is InChI=1S/C29H41N7O6.C7H8.2CH2O/c1-7-40-23(37)10-8-15-41-22-16-19(11-12-21(22)30-5)32-17-20-24-25(33-18-34-26(24)35-27(20)38)31-13-9-14-36(6)28(39)42-29(2,3)4;1-7-5-3-2-4-6-7;2*1-2/h11-12,16-18,30,38H,7-10,13-15H2,1-6H3,(H2,31,33,34,35);2-6H,1H3;2*1H2. The van der Waals surface area contributed by atoms with Crippen LogP contribution >= 0.6 is 0 Å². The number of anilines is 2. The molecule has 0 aliphatic carbocycles. The predicted molar refractivity (Wildman–Crippen MR) is 208 cm³/mol. The fraction of sp³-hybridized carbons (Fsp3) is 0.395. The van der Waals surface area contributed by atoms with Crippen LogP contribution in [0.25, 0.3) is 11.0 Å². The number of rotatable bonds is 14. The second kappa shape index (κ2) is 24.2. The topological polar surface area (TPSA) is 197 Å². The van der Waals surface area contributed by atoms with Crippen molar-refractivity contribution in [2.24, 2.45) is 4.99 Å². The molecule has 2 aromatic heterocycles. The zero-order chi connectivity index (χ0) is 39.8. The zero-order valence-electron chi connectivity index (χ0n) is 31.7. The molecule has 1 amide bonds. The van der Waals surface area contributed by atoms with Crippen molar-refractivity contribution in [2.75, 3.05) is 51.0 Å². The molecule has 15 nitrogen and oxygen atoms in total. The molecular formula is C38H53N7O8. The first-order chi connectivity index (χ1) is 25.4. The van der Waals surface area contributed by atoms with Crippen LogP contribution in [0, 0.1) is 6.92 Å². The molecule has 2 aromatic carbocycles. The maximum atomic E-state index is 12.2.